The molecule has 0 fully saturated rings. The van der Waals surface area contributed by atoms with E-state index in [1.165, 1.54) is 36.4 Å². The Hall–Kier alpha value is -4.00. The van der Waals surface area contributed by atoms with Crippen molar-refractivity contribution in [2.24, 2.45) is 0 Å². The number of hydrogen-bond donors (Lipinski definition) is 1. The van der Waals surface area contributed by atoms with Crippen LogP contribution in [0.15, 0.2) is 97.0 Å². The summed E-state index contributed by atoms with van der Waals surface area (Å²) in [5.41, 5.74) is 1.54. The molecule has 0 amide bonds. The minimum Gasteiger partial charge on any atom is -0.508 e. The molecule has 0 aliphatic heterocycles. The summed E-state index contributed by atoms with van der Waals surface area (Å²) in [6.45, 7) is 6.42. The summed E-state index contributed by atoms with van der Waals surface area (Å²) in [7, 11) is 1.15. The van der Waals surface area contributed by atoms with Crippen LogP contribution in [0.5, 0.6) is 5.75 Å². The molecule has 3 nitrogen and oxygen atoms in total. The van der Waals surface area contributed by atoms with E-state index in [4.69, 9.17) is 4.74 Å². The van der Waals surface area contributed by atoms with E-state index in [1.54, 1.807) is 24.3 Å². The topological polar surface area (TPSA) is 38.7 Å². The highest BCUT2D eigenvalue weighted by Gasteiger charge is 2.17. The molecule has 0 atom stereocenters. The second-order valence-corrected chi connectivity index (χ2v) is 7.00. The van der Waals surface area contributed by atoms with Gasteiger partial charge in [-0.1, -0.05) is 61.7 Å². The first-order valence-electron chi connectivity index (χ1n) is 9.70. The monoisotopic (exact) mass is 456 g/mol. The fourth-order valence-corrected chi connectivity index (χ4v) is 2.99. The van der Waals surface area contributed by atoms with E-state index < -0.39 is 34.8 Å². The van der Waals surface area contributed by atoms with Crippen molar-refractivity contribution in [3.05, 3.63) is 114 Å². The van der Waals surface area contributed by atoms with Crippen LogP contribution in [0, 0.1) is 11.6 Å². The molecule has 0 saturated carbocycles. The second kappa shape index (κ2) is 10.1. The summed E-state index contributed by atoms with van der Waals surface area (Å²) in [4.78, 5) is 0. The van der Waals surface area contributed by atoms with E-state index in [2.05, 4.69) is 17.9 Å². The number of benzene rings is 3. The number of rotatable bonds is 8. The van der Waals surface area contributed by atoms with Gasteiger partial charge in [-0.15, -0.1) is 0 Å². The van der Waals surface area contributed by atoms with Gasteiger partial charge in [0.25, 0.3) is 0 Å². The van der Waals surface area contributed by atoms with Crippen molar-refractivity contribution in [2.75, 3.05) is 7.11 Å². The van der Waals surface area contributed by atoms with Crippen molar-refractivity contribution in [1.29, 1.82) is 0 Å². The smallest absolute Gasteiger partial charge is 0.203 e. The number of phenolic OH excluding ortho intramolecular Hbond substituents is 1. The predicted molar refractivity (Wildman–Crippen MR) is 118 cm³/mol. The predicted octanol–water partition coefficient (Wildman–Crippen LogP) is 7.35. The third-order valence-corrected chi connectivity index (χ3v) is 4.87. The van der Waals surface area contributed by atoms with E-state index >= 15 is 0 Å². The molecule has 0 aliphatic rings. The third-order valence-electron chi connectivity index (χ3n) is 4.87. The molecule has 0 radical (unpaired) electrons. The molecule has 3 aromatic carbocycles. The van der Waals surface area contributed by atoms with Crippen LogP contribution >= 0.6 is 0 Å². The molecule has 0 aromatic heterocycles. The lowest BCUT2D eigenvalue weighted by molar-refractivity contribution is 0.192. The lowest BCUT2D eigenvalue weighted by Crippen LogP contribution is -1.97. The zero-order valence-electron chi connectivity index (χ0n) is 17.7. The Morgan fingerprint density at radius 3 is 1.70 bits per heavy atom. The van der Waals surface area contributed by atoms with Gasteiger partial charge < -0.3 is 14.6 Å². The maximum Gasteiger partial charge on any atom is 0.203 e. The molecule has 170 valence electrons. The largest absolute Gasteiger partial charge is 0.508 e. The van der Waals surface area contributed by atoms with Gasteiger partial charge in [0, 0.05) is 11.1 Å². The van der Waals surface area contributed by atoms with Gasteiger partial charge in [-0.3, -0.25) is 0 Å². The highest BCUT2D eigenvalue weighted by atomic mass is 19.2. The van der Waals surface area contributed by atoms with Crippen LogP contribution in [0.3, 0.4) is 0 Å². The molecule has 0 saturated heterocycles. The number of halogens is 4. The van der Waals surface area contributed by atoms with E-state index in [1.807, 2.05) is 0 Å². The van der Waals surface area contributed by atoms with Crippen molar-refractivity contribution in [1.82, 2.24) is 0 Å². The first-order chi connectivity index (χ1) is 15.7. The second-order valence-electron chi connectivity index (χ2n) is 7.00. The average molecular weight is 456 g/mol. The zero-order chi connectivity index (χ0) is 24.1. The molecule has 7 heteroatoms. The van der Waals surface area contributed by atoms with Crippen LogP contribution in [0.2, 0.25) is 0 Å². The van der Waals surface area contributed by atoms with Crippen molar-refractivity contribution >= 4 is 0 Å². The third kappa shape index (κ3) is 5.26. The number of methoxy groups -OCH3 is 1. The van der Waals surface area contributed by atoms with Gasteiger partial charge in [0.05, 0.1) is 7.11 Å². The Morgan fingerprint density at radius 2 is 1.21 bits per heavy atom. The van der Waals surface area contributed by atoms with Crippen molar-refractivity contribution in [3.8, 4) is 28.0 Å². The van der Waals surface area contributed by atoms with Crippen LogP contribution in [0.25, 0.3) is 22.3 Å². The molecule has 0 unspecified atom stereocenters. The molecular formula is C26H20F4O3. The maximum atomic E-state index is 14.8. The van der Waals surface area contributed by atoms with Gasteiger partial charge in [0.2, 0.25) is 11.7 Å². The molecule has 1 N–H and O–H groups in total. The molecular weight excluding hydrogens is 436 g/mol. The molecule has 0 heterocycles. The highest BCUT2D eigenvalue weighted by molar-refractivity contribution is 5.72. The van der Waals surface area contributed by atoms with Gasteiger partial charge in [-0.25, -0.2) is 8.78 Å². The lowest BCUT2D eigenvalue weighted by atomic mass is 9.98. The van der Waals surface area contributed by atoms with Crippen LogP contribution in [-0.2, 0) is 16.1 Å². The Kier molecular flexibility index (Phi) is 7.23. The van der Waals surface area contributed by atoms with Crippen LogP contribution in [-0.4, -0.2) is 12.2 Å². The van der Waals surface area contributed by atoms with Crippen molar-refractivity contribution < 1.29 is 32.1 Å². The summed E-state index contributed by atoms with van der Waals surface area (Å²) in [5.74, 6) is -5.67. The summed E-state index contributed by atoms with van der Waals surface area (Å²) < 4.78 is 66.8. The molecule has 3 rings (SSSR count). The molecule has 0 aliphatic carbocycles. The van der Waals surface area contributed by atoms with Gasteiger partial charge in [-0.2, -0.15) is 8.78 Å². The van der Waals surface area contributed by atoms with Crippen LogP contribution in [0.4, 0.5) is 17.6 Å². The van der Waals surface area contributed by atoms with Crippen molar-refractivity contribution in [2.45, 2.75) is 6.61 Å². The van der Waals surface area contributed by atoms with Gasteiger partial charge in [0.15, 0.2) is 23.2 Å². The van der Waals surface area contributed by atoms with E-state index in [9.17, 15) is 22.7 Å². The van der Waals surface area contributed by atoms with Gasteiger partial charge in [-0.05, 0) is 28.8 Å². The highest BCUT2D eigenvalue weighted by Crippen LogP contribution is 2.32. The molecule has 33 heavy (non-hydrogen) atoms. The number of ether oxygens (including phenoxy) is 2. The Balaban J connectivity index is 1.75. The summed E-state index contributed by atoms with van der Waals surface area (Å²) in [5, 5.41) is 9.37. The van der Waals surface area contributed by atoms with Crippen molar-refractivity contribution in [3.63, 3.8) is 0 Å². The summed E-state index contributed by atoms with van der Waals surface area (Å²) in [6, 6.07) is 14.9. The Morgan fingerprint density at radius 1 is 0.758 bits per heavy atom. The first kappa shape index (κ1) is 23.7. The Labute approximate surface area is 188 Å². The van der Waals surface area contributed by atoms with Crippen LogP contribution < -0.4 is 0 Å². The average Bonchev–Trinajstić information content (AvgIpc) is 2.83. The quantitative estimate of drug-likeness (QED) is 0.219. The fraction of sp³-hybridized carbons (Fsp3) is 0.0769. The number of aromatic hydroxyl groups is 1. The molecule has 3 aromatic rings. The number of phenols is 1. The normalized spacial score (nSPS) is 11.5. The molecule has 0 spiro atoms. The number of hydrogen-bond acceptors (Lipinski definition) is 3. The minimum atomic E-state index is -1.33. The van der Waals surface area contributed by atoms with E-state index in [0.717, 1.165) is 7.11 Å². The van der Waals surface area contributed by atoms with E-state index in [0.29, 0.717) is 16.7 Å². The van der Waals surface area contributed by atoms with Gasteiger partial charge in [0.1, 0.15) is 12.4 Å². The maximum absolute atomic E-state index is 14.8. The summed E-state index contributed by atoms with van der Waals surface area (Å²) in [6.07, 6.45) is 0. The fourth-order valence-electron chi connectivity index (χ4n) is 2.99. The first-order valence-corrected chi connectivity index (χ1v) is 9.70. The molecule has 0 bridgehead atoms. The SMILES string of the molecule is C=C(OC)/C(F)=C(/F)C(=C)OCc1ccc(-c2ccc(-c3ccc(O)cc3)c(F)c2F)cc1. The lowest BCUT2D eigenvalue weighted by Gasteiger charge is -2.11. The summed E-state index contributed by atoms with van der Waals surface area (Å²) >= 11 is 0. The van der Waals surface area contributed by atoms with Crippen LogP contribution in [0.1, 0.15) is 5.56 Å². The minimum absolute atomic E-state index is 0.0215. The van der Waals surface area contributed by atoms with Gasteiger partial charge >= 0.3 is 0 Å². The standard InChI is InChI=1S/C26H20F4O3/c1-15(32-3)23(27)24(28)16(2)33-14-17-4-6-18(7-5-17)21-12-13-22(26(30)25(21)29)19-8-10-20(31)11-9-19/h4-13,31H,1-2,14H2,3H3/b24-23-. The van der Waals surface area contributed by atoms with E-state index in [-0.39, 0.29) is 23.5 Å². The zero-order valence-corrected chi connectivity index (χ0v) is 17.7. The number of allylic oxidation sites excluding steroid dienone is 2. The Bertz CT molecular complexity index is 1210.